The van der Waals surface area contributed by atoms with Gasteiger partial charge in [-0.05, 0) is 59.8 Å². The fourth-order valence-electron chi connectivity index (χ4n) is 4.90. The molecule has 6 heteroatoms. The molecule has 2 heterocycles. The van der Waals surface area contributed by atoms with Gasteiger partial charge >= 0.3 is 0 Å². The number of nitrogens with one attached hydrogen (secondary N) is 1. The summed E-state index contributed by atoms with van der Waals surface area (Å²) in [6.45, 7) is 1.96. The third-order valence-corrected chi connectivity index (χ3v) is 7.09. The average Bonchev–Trinajstić information content (AvgIpc) is 3.14. The van der Waals surface area contributed by atoms with Crippen molar-refractivity contribution in [3.63, 3.8) is 0 Å². The number of amides is 2. The molecule has 3 aromatic carbocycles. The fourth-order valence-corrected chi connectivity index (χ4v) is 5.37. The lowest BCUT2D eigenvalue weighted by molar-refractivity contribution is -0.119. The van der Waals surface area contributed by atoms with Crippen molar-refractivity contribution in [3.8, 4) is 0 Å². The standard InChI is InChI=1S/C27H24BrN3O2/c1-16-14-18(28)12-13-21(16)29-26(32)24-19-9-5-6-10-20(19)27(33)31(3)25(24)23-15-17-8-4-7-11-22(17)30(23)2/h4-15,24-25H,1-3H3,(H,29,32)/t24-,25-/m0/s1. The SMILES string of the molecule is Cc1cc(Br)ccc1NC(=O)[C@H]1c2ccccc2C(=O)N(C)[C@H]1c1cc2ccccc2n1C. The average molecular weight is 502 g/mol. The van der Waals surface area contributed by atoms with Gasteiger partial charge < -0.3 is 14.8 Å². The molecule has 0 radical (unpaired) electrons. The second-order valence-corrected chi connectivity index (χ2v) is 9.48. The summed E-state index contributed by atoms with van der Waals surface area (Å²) in [5.74, 6) is -0.776. The van der Waals surface area contributed by atoms with Gasteiger partial charge in [0.1, 0.15) is 0 Å². The first-order valence-electron chi connectivity index (χ1n) is 10.8. The summed E-state index contributed by atoms with van der Waals surface area (Å²) in [6.07, 6.45) is 0. The van der Waals surface area contributed by atoms with Crippen LogP contribution >= 0.6 is 15.9 Å². The van der Waals surface area contributed by atoms with Crippen LogP contribution < -0.4 is 5.32 Å². The molecule has 1 aliphatic heterocycles. The van der Waals surface area contributed by atoms with E-state index in [1.165, 1.54) is 0 Å². The second kappa shape index (κ2) is 8.19. The van der Waals surface area contributed by atoms with Gasteiger partial charge in [0.2, 0.25) is 5.91 Å². The summed E-state index contributed by atoms with van der Waals surface area (Å²) in [7, 11) is 3.77. The number of fused-ring (bicyclic) bond motifs is 2. The van der Waals surface area contributed by atoms with E-state index in [-0.39, 0.29) is 11.8 Å². The van der Waals surface area contributed by atoms with Gasteiger partial charge in [0.05, 0.1) is 12.0 Å². The molecule has 0 bridgehead atoms. The molecule has 4 aromatic rings. The van der Waals surface area contributed by atoms with Crippen LogP contribution in [0.25, 0.3) is 10.9 Å². The van der Waals surface area contributed by atoms with Crippen LogP contribution in [0.4, 0.5) is 5.69 Å². The smallest absolute Gasteiger partial charge is 0.254 e. The van der Waals surface area contributed by atoms with Crippen LogP contribution in [0.2, 0.25) is 0 Å². The van der Waals surface area contributed by atoms with E-state index in [0.717, 1.165) is 37.9 Å². The van der Waals surface area contributed by atoms with E-state index in [4.69, 9.17) is 0 Å². The Morgan fingerprint density at radius 1 is 0.970 bits per heavy atom. The molecule has 33 heavy (non-hydrogen) atoms. The first-order chi connectivity index (χ1) is 15.9. The molecule has 0 saturated heterocycles. The van der Waals surface area contributed by atoms with Gasteiger partial charge in [0, 0.05) is 41.0 Å². The minimum atomic E-state index is -0.560. The predicted molar refractivity (Wildman–Crippen MR) is 134 cm³/mol. The van der Waals surface area contributed by atoms with Crippen LogP contribution in [-0.4, -0.2) is 28.3 Å². The fraction of sp³-hybridized carbons (Fsp3) is 0.185. The van der Waals surface area contributed by atoms with E-state index in [1.54, 1.807) is 18.0 Å². The number of hydrogen-bond donors (Lipinski definition) is 1. The first kappa shape index (κ1) is 21.5. The summed E-state index contributed by atoms with van der Waals surface area (Å²) >= 11 is 3.48. The molecule has 1 aliphatic rings. The van der Waals surface area contributed by atoms with Crippen molar-refractivity contribution in [1.82, 2.24) is 9.47 Å². The zero-order chi connectivity index (χ0) is 23.3. The Labute approximate surface area is 201 Å². The van der Waals surface area contributed by atoms with Crippen LogP contribution in [-0.2, 0) is 11.8 Å². The van der Waals surface area contributed by atoms with E-state index in [2.05, 4.69) is 44.0 Å². The predicted octanol–water partition coefficient (Wildman–Crippen LogP) is 5.80. The highest BCUT2D eigenvalue weighted by Crippen LogP contribution is 2.43. The number of carbonyl (C=O) groups excluding carboxylic acids is 2. The lowest BCUT2D eigenvalue weighted by Crippen LogP contribution is -2.44. The summed E-state index contributed by atoms with van der Waals surface area (Å²) < 4.78 is 3.04. The number of carbonyl (C=O) groups is 2. The van der Waals surface area contributed by atoms with Gasteiger partial charge in [0.15, 0.2) is 0 Å². The highest BCUT2D eigenvalue weighted by atomic mass is 79.9. The number of hydrogen-bond acceptors (Lipinski definition) is 2. The summed E-state index contributed by atoms with van der Waals surface area (Å²) in [4.78, 5) is 28.9. The van der Waals surface area contributed by atoms with E-state index in [0.29, 0.717) is 5.56 Å². The monoisotopic (exact) mass is 501 g/mol. The number of aryl methyl sites for hydroxylation is 2. The molecule has 0 spiro atoms. The van der Waals surface area contributed by atoms with Gasteiger partial charge in [-0.25, -0.2) is 0 Å². The van der Waals surface area contributed by atoms with Gasteiger partial charge in [-0.1, -0.05) is 52.3 Å². The number of aromatic nitrogens is 1. The highest BCUT2D eigenvalue weighted by Gasteiger charge is 2.43. The molecule has 166 valence electrons. The first-order valence-corrected chi connectivity index (χ1v) is 11.6. The Bertz CT molecular complexity index is 1410. The van der Waals surface area contributed by atoms with Crippen molar-refractivity contribution in [2.24, 2.45) is 7.05 Å². The van der Waals surface area contributed by atoms with Crippen LogP contribution in [0.5, 0.6) is 0 Å². The molecule has 0 unspecified atom stereocenters. The Kier molecular flexibility index (Phi) is 5.33. The van der Waals surface area contributed by atoms with Crippen LogP contribution in [0.1, 0.15) is 39.1 Å². The molecule has 2 atom stereocenters. The number of anilines is 1. The number of benzene rings is 3. The quantitative estimate of drug-likeness (QED) is 0.385. The number of halogens is 1. The molecule has 5 nitrogen and oxygen atoms in total. The van der Waals surface area contributed by atoms with Crippen molar-refractivity contribution in [3.05, 3.63) is 99.7 Å². The van der Waals surface area contributed by atoms with Gasteiger partial charge in [-0.2, -0.15) is 0 Å². The van der Waals surface area contributed by atoms with Crippen LogP contribution in [0, 0.1) is 6.92 Å². The number of para-hydroxylation sites is 1. The molecule has 0 saturated carbocycles. The summed E-state index contributed by atoms with van der Waals surface area (Å²) in [5.41, 5.74) is 5.04. The summed E-state index contributed by atoms with van der Waals surface area (Å²) in [6, 6.07) is 23.0. The zero-order valence-electron chi connectivity index (χ0n) is 18.7. The normalized spacial score (nSPS) is 17.8. The van der Waals surface area contributed by atoms with Gasteiger partial charge in [-0.15, -0.1) is 0 Å². The molecular formula is C27H24BrN3O2. The minimum Gasteiger partial charge on any atom is -0.346 e. The lowest BCUT2D eigenvalue weighted by Gasteiger charge is -2.39. The Hall–Kier alpha value is -3.38. The Morgan fingerprint density at radius 3 is 2.45 bits per heavy atom. The Balaban J connectivity index is 1.66. The van der Waals surface area contributed by atoms with Gasteiger partial charge in [0.25, 0.3) is 5.91 Å². The lowest BCUT2D eigenvalue weighted by atomic mass is 9.81. The van der Waals surface area contributed by atoms with Crippen molar-refractivity contribution in [2.45, 2.75) is 18.9 Å². The molecule has 0 aliphatic carbocycles. The van der Waals surface area contributed by atoms with E-state index >= 15 is 0 Å². The summed E-state index contributed by atoms with van der Waals surface area (Å²) in [5, 5.41) is 4.21. The molecule has 2 amide bonds. The zero-order valence-corrected chi connectivity index (χ0v) is 20.3. The molecule has 5 rings (SSSR count). The molecular weight excluding hydrogens is 478 g/mol. The van der Waals surface area contributed by atoms with E-state index < -0.39 is 12.0 Å². The third kappa shape index (κ3) is 3.55. The Morgan fingerprint density at radius 2 is 1.70 bits per heavy atom. The van der Waals surface area contributed by atoms with Crippen LogP contribution in [0.15, 0.2) is 77.3 Å². The number of rotatable bonds is 3. The van der Waals surface area contributed by atoms with Crippen molar-refractivity contribution in [2.75, 3.05) is 12.4 Å². The largest absolute Gasteiger partial charge is 0.346 e. The topological polar surface area (TPSA) is 54.3 Å². The highest BCUT2D eigenvalue weighted by molar-refractivity contribution is 9.10. The van der Waals surface area contributed by atoms with E-state index in [1.807, 2.05) is 62.5 Å². The third-order valence-electron chi connectivity index (χ3n) is 6.60. The molecule has 1 aromatic heterocycles. The minimum absolute atomic E-state index is 0.0790. The van der Waals surface area contributed by atoms with Gasteiger partial charge in [-0.3, -0.25) is 9.59 Å². The molecule has 1 N–H and O–H groups in total. The van der Waals surface area contributed by atoms with Crippen molar-refractivity contribution < 1.29 is 9.59 Å². The maximum absolute atomic E-state index is 13.9. The van der Waals surface area contributed by atoms with Crippen LogP contribution in [0.3, 0.4) is 0 Å². The van der Waals surface area contributed by atoms with Crippen molar-refractivity contribution >= 4 is 44.3 Å². The van der Waals surface area contributed by atoms with E-state index in [9.17, 15) is 9.59 Å². The number of nitrogens with zero attached hydrogens (tertiary/aromatic N) is 2. The number of likely N-dealkylation sites (N-methyl/N-ethyl adjacent to an activating group) is 1. The maximum atomic E-state index is 13.9. The maximum Gasteiger partial charge on any atom is 0.254 e. The second-order valence-electron chi connectivity index (χ2n) is 8.56. The van der Waals surface area contributed by atoms with Crippen molar-refractivity contribution in [1.29, 1.82) is 0 Å². The molecule has 0 fully saturated rings.